The van der Waals surface area contributed by atoms with E-state index < -0.39 is 29.2 Å². The molecule has 0 saturated carbocycles. The van der Waals surface area contributed by atoms with Crippen LogP contribution in [-0.2, 0) is 12.8 Å². The Labute approximate surface area is 130 Å². The third-order valence-electron chi connectivity index (χ3n) is 3.85. The maximum atomic E-state index is 13.5. The predicted molar refractivity (Wildman–Crippen MR) is 78.4 cm³/mol. The molecule has 120 valence electrons. The highest BCUT2D eigenvalue weighted by Crippen LogP contribution is 2.24. The van der Waals surface area contributed by atoms with Gasteiger partial charge in [0.1, 0.15) is 5.69 Å². The topological polar surface area (TPSA) is 37.3 Å². The summed E-state index contributed by atoms with van der Waals surface area (Å²) in [5.41, 5.74) is 4.76. The summed E-state index contributed by atoms with van der Waals surface area (Å²) in [4.78, 5) is 2.49. The Bertz CT molecular complexity index is 776. The standard InChI is InChI=1S/C16H13F4N3/c1-8(10-6-5-9-3-2-4-11(9)7-10)22-23-14-12(17)15(19)21-16(20)13(14)18/h5-7H,2-4H2,1H3,(H,21,23)/b22-8-. The number of aromatic nitrogens is 1. The van der Waals surface area contributed by atoms with E-state index in [0.717, 1.165) is 24.8 Å². The molecule has 0 aliphatic heterocycles. The number of halogens is 4. The average molecular weight is 323 g/mol. The Balaban J connectivity index is 1.88. The first-order chi connectivity index (χ1) is 11.0. The molecule has 0 spiro atoms. The summed E-state index contributed by atoms with van der Waals surface area (Å²) >= 11 is 0. The maximum Gasteiger partial charge on any atom is 0.254 e. The number of nitrogens with one attached hydrogen (secondary N) is 1. The molecule has 1 aliphatic carbocycles. The number of anilines is 1. The number of fused-ring (bicyclic) bond motifs is 1. The second-order valence-corrected chi connectivity index (χ2v) is 5.34. The molecule has 0 fully saturated rings. The monoisotopic (exact) mass is 323 g/mol. The molecule has 0 atom stereocenters. The van der Waals surface area contributed by atoms with Gasteiger partial charge in [0.05, 0.1) is 5.71 Å². The molecule has 1 aromatic heterocycles. The minimum atomic E-state index is -1.73. The van der Waals surface area contributed by atoms with E-state index in [9.17, 15) is 17.6 Å². The minimum Gasteiger partial charge on any atom is -0.272 e. The third-order valence-corrected chi connectivity index (χ3v) is 3.85. The van der Waals surface area contributed by atoms with Gasteiger partial charge in [-0.25, -0.2) is 0 Å². The van der Waals surface area contributed by atoms with Crippen molar-refractivity contribution in [3.63, 3.8) is 0 Å². The van der Waals surface area contributed by atoms with Crippen LogP contribution in [-0.4, -0.2) is 10.7 Å². The van der Waals surface area contributed by atoms with E-state index in [2.05, 4.69) is 10.1 Å². The van der Waals surface area contributed by atoms with Gasteiger partial charge in [-0.05, 0) is 48.9 Å². The summed E-state index contributed by atoms with van der Waals surface area (Å²) in [6, 6.07) is 5.80. The summed E-state index contributed by atoms with van der Waals surface area (Å²) in [5, 5.41) is 3.82. The van der Waals surface area contributed by atoms with Crippen LogP contribution in [0.4, 0.5) is 23.2 Å². The van der Waals surface area contributed by atoms with Crippen molar-refractivity contribution in [1.29, 1.82) is 0 Å². The van der Waals surface area contributed by atoms with Crippen LogP contribution in [0.5, 0.6) is 0 Å². The average Bonchev–Trinajstić information content (AvgIpc) is 3.00. The quantitative estimate of drug-likeness (QED) is 0.402. The molecule has 2 aromatic rings. The molecule has 0 amide bonds. The molecule has 23 heavy (non-hydrogen) atoms. The molecular weight excluding hydrogens is 310 g/mol. The van der Waals surface area contributed by atoms with Gasteiger partial charge in [0.2, 0.25) is 11.6 Å². The van der Waals surface area contributed by atoms with Gasteiger partial charge >= 0.3 is 0 Å². The van der Waals surface area contributed by atoms with Crippen LogP contribution >= 0.6 is 0 Å². The van der Waals surface area contributed by atoms with Crippen molar-refractivity contribution in [2.45, 2.75) is 26.2 Å². The van der Waals surface area contributed by atoms with Gasteiger partial charge in [-0.1, -0.05) is 12.1 Å². The lowest BCUT2D eigenvalue weighted by molar-refractivity contribution is 0.411. The number of rotatable bonds is 3. The van der Waals surface area contributed by atoms with Gasteiger partial charge in [0, 0.05) is 0 Å². The lowest BCUT2D eigenvalue weighted by atomic mass is 10.0. The number of benzene rings is 1. The molecule has 0 radical (unpaired) electrons. The van der Waals surface area contributed by atoms with Crippen LogP contribution in [0.1, 0.15) is 30.0 Å². The highest BCUT2D eigenvalue weighted by molar-refractivity contribution is 5.99. The fourth-order valence-electron chi connectivity index (χ4n) is 2.59. The molecule has 7 heteroatoms. The van der Waals surface area contributed by atoms with Crippen molar-refractivity contribution >= 4 is 11.4 Å². The van der Waals surface area contributed by atoms with Gasteiger partial charge in [-0.15, -0.1) is 0 Å². The number of aryl methyl sites for hydroxylation is 2. The zero-order chi connectivity index (χ0) is 16.6. The van der Waals surface area contributed by atoms with Gasteiger partial charge < -0.3 is 0 Å². The molecule has 3 rings (SSSR count). The number of nitrogens with zero attached hydrogens (tertiary/aromatic N) is 2. The van der Waals surface area contributed by atoms with Crippen molar-refractivity contribution in [2.75, 3.05) is 5.43 Å². The van der Waals surface area contributed by atoms with E-state index in [4.69, 9.17) is 0 Å². The summed E-state index contributed by atoms with van der Waals surface area (Å²) < 4.78 is 53.1. The first-order valence-corrected chi connectivity index (χ1v) is 7.10. The van der Waals surface area contributed by atoms with Gasteiger partial charge in [0.15, 0.2) is 0 Å². The van der Waals surface area contributed by atoms with Crippen LogP contribution in [0.2, 0.25) is 0 Å². The predicted octanol–water partition coefficient (Wildman–Crippen LogP) is 3.96. The van der Waals surface area contributed by atoms with E-state index in [-0.39, 0.29) is 0 Å². The van der Waals surface area contributed by atoms with Crippen LogP contribution in [0.25, 0.3) is 0 Å². The number of hydrazone groups is 1. The largest absolute Gasteiger partial charge is 0.272 e. The SMILES string of the molecule is C/C(=N/Nc1c(F)c(F)nc(F)c1F)c1ccc2c(c1)CCC2. The van der Waals surface area contributed by atoms with Crippen molar-refractivity contribution in [2.24, 2.45) is 5.10 Å². The highest BCUT2D eigenvalue weighted by Gasteiger charge is 2.20. The van der Waals surface area contributed by atoms with Gasteiger partial charge in [-0.3, -0.25) is 5.43 Å². The van der Waals surface area contributed by atoms with Crippen LogP contribution in [0.15, 0.2) is 23.3 Å². The zero-order valence-corrected chi connectivity index (χ0v) is 12.3. The van der Waals surface area contributed by atoms with Gasteiger partial charge in [0.25, 0.3) is 11.9 Å². The Morgan fingerprint density at radius 3 is 2.39 bits per heavy atom. The minimum absolute atomic E-state index is 0.441. The number of pyridine rings is 1. The van der Waals surface area contributed by atoms with Gasteiger partial charge in [-0.2, -0.15) is 27.6 Å². The highest BCUT2D eigenvalue weighted by atomic mass is 19.2. The summed E-state index contributed by atoms with van der Waals surface area (Å²) in [6.07, 6.45) is 3.11. The van der Waals surface area contributed by atoms with E-state index in [0.29, 0.717) is 5.71 Å². The molecule has 1 N–H and O–H groups in total. The van der Waals surface area contributed by atoms with E-state index in [1.165, 1.54) is 11.1 Å². The Morgan fingerprint density at radius 2 is 1.70 bits per heavy atom. The van der Waals surface area contributed by atoms with Crippen LogP contribution in [0.3, 0.4) is 0 Å². The maximum absolute atomic E-state index is 13.5. The number of hydrogen-bond donors (Lipinski definition) is 1. The second kappa shape index (κ2) is 5.98. The number of hydrogen-bond acceptors (Lipinski definition) is 3. The molecule has 3 nitrogen and oxygen atoms in total. The van der Waals surface area contributed by atoms with Crippen molar-refractivity contribution < 1.29 is 17.6 Å². The summed E-state index contributed by atoms with van der Waals surface area (Å²) in [7, 11) is 0. The Morgan fingerprint density at radius 1 is 1.04 bits per heavy atom. The second-order valence-electron chi connectivity index (χ2n) is 5.34. The summed E-state index contributed by atoms with van der Waals surface area (Å²) in [5.74, 6) is -6.68. The fourth-order valence-corrected chi connectivity index (χ4v) is 2.59. The first-order valence-electron chi connectivity index (χ1n) is 7.10. The molecule has 0 bridgehead atoms. The normalized spacial score (nSPS) is 14.0. The molecule has 1 aromatic carbocycles. The van der Waals surface area contributed by atoms with Crippen LogP contribution < -0.4 is 5.43 Å². The van der Waals surface area contributed by atoms with E-state index in [1.54, 1.807) is 6.92 Å². The fraction of sp³-hybridized carbons (Fsp3) is 0.250. The van der Waals surface area contributed by atoms with Crippen molar-refractivity contribution in [3.05, 3.63) is 58.4 Å². The van der Waals surface area contributed by atoms with Crippen molar-refractivity contribution in [3.8, 4) is 0 Å². The smallest absolute Gasteiger partial charge is 0.254 e. The first kappa shape index (κ1) is 15.5. The van der Waals surface area contributed by atoms with Crippen molar-refractivity contribution in [1.82, 2.24) is 4.98 Å². The molecule has 0 saturated heterocycles. The molecule has 1 aliphatic rings. The van der Waals surface area contributed by atoms with E-state index >= 15 is 0 Å². The summed E-state index contributed by atoms with van der Waals surface area (Å²) in [6.45, 7) is 1.63. The molecule has 1 heterocycles. The zero-order valence-electron chi connectivity index (χ0n) is 12.3. The molecular formula is C16H13F4N3. The Hall–Kier alpha value is -2.44. The lowest BCUT2D eigenvalue weighted by Crippen LogP contribution is -2.08. The lowest BCUT2D eigenvalue weighted by Gasteiger charge is -2.08. The molecule has 0 unspecified atom stereocenters. The third kappa shape index (κ3) is 2.91. The Kier molecular flexibility index (Phi) is 4.02. The van der Waals surface area contributed by atoms with E-state index in [1.807, 2.05) is 23.6 Å². The van der Waals surface area contributed by atoms with Crippen LogP contribution in [0, 0.1) is 23.5 Å².